The molecule has 1 saturated carbocycles. The van der Waals surface area contributed by atoms with Crippen LogP contribution in [0.1, 0.15) is 42.6 Å². The van der Waals surface area contributed by atoms with Gasteiger partial charge in [0.15, 0.2) is 0 Å². The predicted octanol–water partition coefficient (Wildman–Crippen LogP) is 4.07. The number of rotatable bonds is 4. The molecule has 0 spiro atoms. The number of nitrogens with zero attached hydrogens (tertiary/aromatic N) is 2. The van der Waals surface area contributed by atoms with Gasteiger partial charge in [-0.05, 0) is 45.2 Å². The summed E-state index contributed by atoms with van der Waals surface area (Å²) in [7, 11) is 0. The highest BCUT2D eigenvalue weighted by Gasteiger charge is 2.27. The maximum atomic E-state index is 4.80. The second-order valence-corrected chi connectivity index (χ2v) is 5.62. The Labute approximate surface area is 120 Å². The summed E-state index contributed by atoms with van der Waals surface area (Å²) in [6.07, 6.45) is 2.45. The van der Waals surface area contributed by atoms with Crippen molar-refractivity contribution < 1.29 is 0 Å². The molecule has 3 heteroatoms. The molecule has 1 aromatic carbocycles. The molecule has 1 aliphatic rings. The van der Waals surface area contributed by atoms with Crippen molar-refractivity contribution >= 4 is 5.82 Å². The molecule has 1 aromatic heterocycles. The van der Waals surface area contributed by atoms with Crippen molar-refractivity contribution in [2.45, 2.75) is 39.5 Å². The average Bonchev–Trinajstić information content (AvgIpc) is 3.26. The molecule has 0 saturated heterocycles. The van der Waals surface area contributed by atoms with Crippen LogP contribution in [0, 0.1) is 13.8 Å². The Morgan fingerprint density at radius 2 is 1.95 bits per heavy atom. The number of aromatic nitrogens is 2. The monoisotopic (exact) mass is 267 g/mol. The lowest BCUT2D eigenvalue weighted by Gasteiger charge is -2.11. The van der Waals surface area contributed by atoms with Gasteiger partial charge in [-0.15, -0.1) is 0 Å². The summed E-state index contributed by atoms with van der Waals surface area (Å²) in [5, 5.41) is 3.32. The van der Waals surface area contributed by atoms with Crippen molar-refractivity contribution in [3.05, 3.63) is 41.2 Å². The molecule has 1 fully saturated rings. The number of benzene rings is 1. The second-order valence-electron chi connectivity index (χ2n) is 5.62. The molecule has 0 bridgehead atoms. The quantitative estimate of drug-likeness (QED) is 0.907. The van der Waals surface area contributed by atoms with Crippen molar-refractivity contribution in [1.82, 2.24) is 9.97 Å². The highest BCUT2D eigenvalue weighted by atomic mass is 15.0. The van der Waals surface area contributed by atoms with E-state index in [2.05, 4.69) is 55.3 Å². The molecular weight excluding hydrogens is 246 g/mol. The molecule has 1 aliphatic carbocycles. The van der Waals surface area contributed by atoms with Gasteiger partial charge in [-0.2, -0.15) is 0 Å². The molecule has 1 heterocycles. The van der Waals surface area contributed by atoms with Crippen LogP contribution in [0.4, 0.5) is 5.82 Å². The lowest BCUT2D eigenvalue weighted by Crippen LogP contribution is -2.04. The predicted molar refractivity (Wildman–Crippen MR) is 83.1 cm³/mol. The van der Waals surface area contributed by atoms with Crippen LogP contribution in [-0.2, 0) is 0 Å². The molecule has 0 amide bonds. The van der Waals surface area contributed by atoms with Gasteiger partial charge in [0.2, 0.25) is 0 Å². The second kappa shape index (κ2) is 5.23. The summed E-state index contributed by atoms with van der Waals surface area (Å²) >= 11 is 0. The van der Waals surface area contributed by atoms with Gasteiger partial charge in [-0.3, -0.25) is 0 Å². The Hall–Kier alpha value is -1.90. The van der Waals surface area contributed by atoms with Crippen LogP contribution in [0.3, 0.4) is 0 Å². The van der Waals surface area contributed by atoms with E-state index < -0.39 is 0 Å². The number of anilines is 1. The first-order chi connectivity index (χ1) is 9.67. The minimum atomic E-state index is 0.567. The van der Waals surface area contributed by atoms with E-state index >= 15 is 0 Å². The summed E-state index contributed by atoms with van der Waals surface area (Å²) in [5.74, 6) is 2.51. The Balaban J connectivity index is 2.09. The number of hydrogen-bond acceptors (Lipinski definition) is 3. The third kappa shape index (κ3) is 2.67. The topological polar surface area (TPSA) is 37.8 Å². The SMILES string of the molecule is CCNc1cc(-c2cc(C)ccc2C)nc(C2CC2)n1. The Kier molecular flexibility index (Phi) is 3.43. The van der Waals surface area contributed by atoms with Crippen molar-refractivity contribution in [1.29, 1.82) is 0 Å². The number of hydrogen-bond donors (Lipinski definition) is 1. The first kappa shape index (κ1) is 13.1. The number of aryl methyl sites for hydroxylation is 2. The standard InChI is InChI=1S/C17H21N3/c1-4-18-16-10-15(19-17(20-16)13-7-8-13)14-9-11(2)5-6-12(14)3/h5-6,9-10,13H,4,7-8H2,1-3H3,(H,18,19,20). The van der Waals surface area contributed by atoms with Gasteiger partial charge < -0.3 is 5.32 Å². The molecule has 0 atom stereocenters. The molecule has 2 aromatic rings. The van der Waals surface area contributed by atoms with Crippen LogP contribution >= 0.6 is 0 Å². The molecule has 1 N–H and O–H groups in total. The fraction of sp³-hybridized carbons (Fsp3) is 0.412. The Morgan fingerprint density at radius 1 is 1.15 bits per heavy atom. The fourth-order valence-electron chi connectivity index (χ4n) is 2.41. The summed E-state index contributed by atoms with van der Waals surface area (Å²) in [4.78, 5) is 9.44. The van der Waals surface area contributed by atoms with E-state index in [9.17, 15) is 0 Å². The largest absolute Gasteiger partial charge is 0.370 e. The van der Waals surface area contributed by atoms with Crippen LogP contribution < -0.4 is 5.32 Å². The zero-order chi connectivity index (χ0) is 14.1. The number of nitrogens with one attached hydrogen (secondary N) is 1. The molecule has 0 radical (unpaired) electrons. The molecule has 0 aliphatic heterocycles. The van der Waals surface area contributed by atoms with Crippen molar-refractivity contribution in [3.8, 4) is 11.3 Å². The molecule has 0 unspecified atom stereocenters. The Bertz CT molecular complexity index is 630. The van der Waals surface area contributed by atoms with Crippen LogP contribution in [0.25, 0.3) is 11.3 Å². The van der Waals surface area contributed by atoms with Gasteiger partial charge in [0.05, 0.1) is 5.69 Å². The molecule has 104 valence electrons. The highest BCUT2D eigenvalue weighted by Crippen LogP contribution is 2.39. The van der Waals surface area contributed by atoms with Crippen LogP contribution in [0.2, 0.25) is 0 Å². The summed E-state index contributed by atoms with van der Waals surface area (Å²) in [6.45, 7) is 7.24. The highest BCUT2D eigenvalue weighted by molar-refractivity contribution is 5.67. The van der Waals surface area contributed by atoms with E-state index in [1.165, 1.54) is 29.5 Å². The zero-order valence-electron chi connectivity index (χ0n) is 12.4. The molecule has 3 nitrogen and oxygen atoms in total. The summed E-state index contributed by atoms with van der Waals surface area (Å²) in [6, 6.07) is 8.59. The summed E-state index contributed by atoms with van der Waals surface area (Å²) < 4.78 is 0. The van der Waals surface area contributed by atoms with E-state index in [0.29, 0.717) is 5.92 Å². The van der Waals surface area contributed by atoms with Crippen LogP contribution in [-0.4, -0.2) is 16.5 Å². The van der Waals surface area contributed by atoms with E-state index in [1.807, 2.05) is 0 Å². The zero-order valence-corrected chi connectivity index (χ0v) is 12.4. The molecule has 20 heavy (non-hydrogen) atoms. The van der Waals surface area contributed by atoms with Gasteiger partial charge in [0.25, 0.3) is 0 Å². The van der Waals surface area contributed by atoms with E-state index in [-0.39, 0.29) is 0 Å². The van der Waals surface area contributed by atoms with Crippen molar-refractivity contribution in [2.75, 3.05) is 11.9 Å². The maximum Gasteiger partial charge on any atom is 0.134 e. The van der Waals surface area contributed by atoms with Crippen molar-refractivity contribution in [2.24, 2.45) is 0 Å². The summed E-state index contributed by atoms with van der Waals surface area (Å²) in [5.41, 5.74) is 4.79. The van der Waals surface area contributed by atoms with E-state index in [1.54, 1.807) is 0 Å². The van der Waals surface area contributed by atoms with Gasteiger partial charge in [-0.25, -0.2) is 9.97 Å². The van der Waals surface area contributed by atoms with Crippen LogP contribution in [0.15, 0.2) is 24.3 Å². The first-order valence-electron chi connectivity index (χ1n) is 7.38. The van der Waals surface area contributed by atoms with E-state index in [4.69, 9.17) is 4.98 Å². The Morgan fingerprint density at radius 3 is 2.65 bits per heavy atom. The normalized spacial score (nSPS) is 14.3. The molecule has 3 rings (SSSR count). The fourth-order valence-corrected chi connectivity index (χ4v) is 2.41. The third-order valence-corrected chi connectivity index (χ3v) is 3.71. The van der Waals surface area contributed by atoms with Gasteiger partial charge in [0.1, 0.15) is 11.6 Å². The lowest BCUT2D eigenvalue weighted by molar-refractivity contribution is 0.927. The molecular formula is C17H21N3. The van der Waals surface area contributed by atoms with Crippen LogP contribution in [0.5, 0.6) is 0 Å². The van der Waals surface area contributed by atoms with Gasteiger partial charge in [0, 0.05) is 24.1 Å². The van der Waals surface area contributed by atoms with Gasteiger partial charge in [-0.1, -0.05) is 17.7 Å². The van der Waals surface area contributed by atoms with Crippen molar-refractivity contribution in [3.63, 3.8) is 0 Å². The minimum absolute atomic E-state index is 0.567. The van der Waals surface area contributed by atoms with E-state index in [0.717, 1.165) is 23.9 Å². The lowest BCUT2D eigenvalue weighted by atomic mass is 10.0. The smallest absolute Gasteiger partial charge is 0.134 e. The van der Waals surface area contributed by atoms with Gasteiger partial charge >= 0.3 is 0 Å². The minimum Gasteiger partial charge on any atom is -0.370 e. The maximum absolute atomic E-state index is 4.80. The first-order valence-corrected chi connectivity index (χ1v) is 7.38. The third-order valence-electron chi connectivity index (χ3n) is 3.71. The average molecular weight is 267 g/mol.